The van der Waals surface area contributed by atoms with Gasteiger partial charge in [-0.3, -0.25) is 0 Å². The molecular weight excluding hydrogens is 515 g/mol. The summed E-state index contributed by atoms with van der Waals surface area (Å²) in [6.45, 7) is 4.06. The molecule has 1 unspecified atom stereocenters. The van der Waals surface area contributed by atoms with Crippen molar-refractivity contribution >= 4 is 33.3 Å². The smallest absolute Gasteiger partial charge is 0.406 e. The van der Waals surface area contributed by atoms with Gasteiger partial charge in [0.15, 0.2) is 0 Å². The third-order valence-corrected chi connectivity index (χ3v) is 7.76. The Labute approximate surface area is 222 Å². The number of thiazole rings is 1. The Balaban J connectivity index is 1.40. The van der Waals surface area contributed by atoms with E-state index in [0.29, 0.717) is 18.3 Å². The molecular formula is C27H28F3N5O2S. The van der Waals surface area contributed by atoms with E-state index in [1.807, 2.05) is 38.1 Å². The van der Waals surface area contributed by atoms with E-state index in [9.17, 15) is 18.3 Å². The van der Waals surface area contributed by atoms with Gasteiger partial charge < -0.3 is 20.5 Å². The number of aryl methyl sites for hydroxylation is 1. The van der Waals surface area contributed by atoms with Crippen LogP contribution in [-0.2, 0) is 6.54 Å². The molecule has 5 rings (SSSR count). The predicted molar refractivity (Wildman–Crippen MR) is 142 cm³/mol. The molecule has 38 heavy (non-hydrogen) atoms. The number of fused-ring (bicyclic) bond motifs is 1. The van der Waals surface area contributed by atoms with E-state index in [1.54, 1.807) is 23.5 Å². The van der Waals surface area contributed by atoms with Crippen molar-refractivity contribution in [3.8, 4) is 16.3 Å². The highest BCUT2D eigenvalue weighted by Crippen LogP contribution is 2.38. The van der Waals surface area contributed by atoms with E-state index in [4.69, 9.17) is 9.97 Å². The first-order chi connectivity index (χ1) is 18.1. The SMILES string of the molecule is Cc1nc(NCc2ccc(OC(F)(F)F)cc2)nc(N[C@H]2CC[C@@H](C(C)O)C2)c1-c1nc2ccccc2s1. The van der Waals surface area contributed by atoms with Crippen LogP contribution in [0.2, 0.25) is 0 Å². The molecule has 1 fully saturated rings. The Morgan fingerprint density at radius 3 is 2.53 bits per heavy atom. The van der Waals surface area contributed by atoms with E-state index in [2.05, 4.69) is 20.4 Å². The van der Waals surface area contributed by atoms with Crippen molar-refractivity contribution in [2.45, 2.75) is 58.2 Å². The number of hydrogen-bond acceptors (Lipinski definition) is 8. The Hall–Kier alpha value is -3.44. The number of benzene rings is 2. The normalized spacial score (nSPS) is 18.5. The van der Waals surface area contributed by atoms with Crippen LogP contribution in [0, 0.1) is 12.8 Å². The van der Waals surface area contributed by atoms with Crippen LogP contribution in [0.5, 0.6) is 5.75 Å². The molecule has 1 aliphatic rings. The number of aromatic nitrogens is 3. The summed E-state index contributed by atoms with van der Waals surface area (Å²) in [7, 11) is 0. The van der Waals surface area contributed by atoms with Crippen molar-refractivity contribution in [3.63, 3.8) is 0 Å². The number of alkyl halides is 3. The van der Waals surface area contributed by atoms with Gasteiger partial charge in [-0.25, -0.2) is 9.97 Å². The van der Waals surface area contributed by atoms with E-state index in [-0.39, 0.29) is 23.8 Å². The van der Waals surface area contributed by atoms with E-state index in [0.717, 1.165) is 51.3 Å². The fourth-order valence-electron chi connectivity index (χ4n) is 4.76. The second kappa shape index (κ2) is 10.7. The van der Waals surface area contributed by atoms with Crippen LogP contribution in [0.1, 0.15) is 37.4 Å². The van der Waals surface area contributed by atoms with Crippen molar-refractivity contribution in [1.29, 1.82) is 0 Å². The maximum Gasteiger partial charge on any atom is 0.573 e. The van der Waals surface area contributed by atoms with Crippen molar-refractivity contribution < 1.29 is 23.0 Å². The fraction of sp³-hybridized carbons (Fsp3) is 0.370. The Morgan fingerprint density at radius 2 is 1.84 bits per heavy atom. The minimum atomic E-state index is -4.73. The van der Waals surface area contributed by atoms with Gasteiger partial charge in [0.1, 0.15) is 16.6 Å². The number of ether oxygens (including phenoxy) is 1. The second-order valence-electron chi connectivity index (χ2n) is 9.54. The van der Waals surface area contributed by atoms with Crippen molar-refractivity contribution in [1.82, 2.24) is 15.0 Å². The highest BCUT2D eigenvalue weighted by molar-refractivity contribution is 7.21. The summed E-state index contributed by atoms with van der Waals surface area (Å²) in [5.41, 5.74) is 3.25. The van der Waals surface area contributed by atoms with Crippen LogP contribution in [0.3, 0.4) is 0 Å². The molecule has 11 heteroatoms. The summed E-state index contributed by atoms with van der Waals surface area (Å²) < 4.78 is 42.3. The second-order valence-corrected chi connectivity index (χ2v) is 10.6. The number of nitrogens with one attached hydrogen (secondary N) is 2. The molecule has 2 aromatic heterocycles. The number of aliphatic hydroxyl groups is 1. The third-order valence-electron chi connectivity index (χ3n) is 6.70. The van der Waals surface area contributed by atoms with Crippen LogP contribution in [0.15, 0.2) is 48.5 Å². The van der Waals surface area contributed by atoms with Crippen LogP contribution in [-0.4, -0.2) is 38.6 Å². The molecule has 7 nitrogen and oxygen atoms in total. The number of hydrogen-bond donors (Lipinski definition) is 3. The van der Waals surface area contributed by atoms with Crippen molar-refractivity contribution in [3.05, 3.63) is 59.8 Å². The zero-order valence-corrected chi connectivity index (χ0v) is 21.7. The molecule has 3 atom stereocenters. The molecule has 2 aromatic carbocycles. The van der Waals surface area contributed by atoms with Crippen LogP contribution < -0.4 is 15.4 Å². The molecule has 0 aliphatic heterocycles. The number of anilines is 2. The van der Waals surface area contributed by atoms with Crippen molar-refractivity contribution in [2.75, 3.05) is 10.6 Å². The van der Waals surface area contributed by atoms with Gasteiger partial charge >= 0.3 is 6.36 Å². The molecule has 2 heterocycles. The lowest BCUT2D eigenvalue weighted by Crippen LogP contribution is -2.21. The molecule has 0 amide bonds. The number of halogens is 3. The van der Waals surface area contributed by atoms with Crippen LogP contribution in [0.25, 0.3) is 20.8 Å². The minimum Gasteiger partial charge on any atom is -0.406 e. The Kier molecular flexibility index (Phi) is 7.40. The maximum atomic E-state index is 12.4. The summed E-state index contributed by atoms with van der Waals surface area (Å²) in [5, 5.41) is 17.6. The first kappa shape index (κ1) is 26.2. The number of aliphatic hydroxyl groups excluding tert-OH is 1. The van der Waals surface area contributed by atoms with Gasteiger partial charge in [-0.15, -0.1) is 24.5 Å². The monoisotopic (exact) mass is 543 g/mol. The van der Waals surface area contributed by atoms with E-state index in [1.165, 1.54) is 12.1 Å². The van der Waals surface area contributed by atoms with E-state index >= 15 is 0 Å². The lowest BCUT2D eigenvalue weighted by Gasteiger charge is -2.19. The first-order valence-electron chi connectivity index (χ1n) is 12.4. The van der Waals surface area contributed by atoms with E-state index < -0.39 is 6.36 Å². The molecule has 1 saturated carbocycles. The zero-order chi connectivity index (χ0) is 26.9. The number of nitrogens with zero attached hydrogens (tertiary/aromatic N) is 3. The Morgan fingerprint density at radius 1 is 1.08 bits per heavy atom. The lowest BCUT2D eigenvalue weighted by molar-refractivity contribution is -0.274. The standard InChI is InChI=1S/C27H28F3N5O2S/c1-15-23(25-34-21-5-3-4-6-22(21)38-25)24(33-19-10-9-18(13-19)16(2)36)35-26(32-15)31-14-17-7-11-20(12-8-17)37-27(28,29)30/h3-8,11-12,16,18-19,36H,9-10,13-14H2,1-2H3,(H2,31,32,33,35)/t16?,18-,19+/m1/s1. The molecule has 0 radical (unpaired) electrons. The summed E-state index contributed by atoms with van der Waals surface area (Å²) >= 11 is 1.58. The average molecular weight is 544 g/mol. The summed E-state index contributed by atoms with van der Waals surface area (Å²) in [5.74, 6) is 1.04. The van der Waals surface area contributed by atoms with Crippen molar-refractivity contribution in [2.24, 2.45) is 5.92 Å². The highest BCUT2D eigenvalue weighted by Gasteiger charge is 2.31. The average Bonchev–Trinajstić information content (AvgIpc) is 3.49. The van der Waals surface area contributed by atoms with Gasteiger partial charge in [-0.05, 0) is 68.9 Å². The van der Waals surface area contributed by atoms with Crippen LogP contribution >= 0.6 is 11.3 Å². The topological polar surface area (TPSA) is 92.2 Å². The summed E-state index contributed by atoms with van der Waals surface area (Å²) in [6.07, 6.45) is -2.38. The molecule has 4 aromatic rings. The molecule has 200 valence electrons. The fourth-order valence-corrected chi connectivity index (χ4v) is 5.82. The van der Waals surface area contributed by atoms with Gasteiger partial charge in [0.25, 0.3) is 0 Å². The predicted octanol–water partition coefficient (Wildman–Crippen LogP) is 6.53. The van der Waals surface area contributed by atoms with Gasteiger partial charge in [0.05, 0.1) is 27.6 Å². The van der Waals surface area contributed by atoms with Gasteiger partial charge in [0.2, 0.25) is 5.95 Å². The molecule has 3 N–H and O–H groups in total. The van der Waals surface area contributed by atoms with Gasteiger partial charge in [-0.2, -0.15) is 4.98 Å². The third kappa shape index (κ3) is 6.16. The highest BCUT2D eigenvalue weighted by atomic mass is 32.1. The molecule has 0 bridgehead atoms. The maximum absolute atomic E-state index is 12.4. The van der Waals surface area contributed by atoms with Gasteiger partial charge in [-0.1, -0.05) is 24.3 Å². The Bertz CT molecular complexity index is 1380. The molecule has 0 spiro atoms. The number of para-hydroxylation sites is 1. The quantitative estimate of drug-likeness (QED) is 0.233. The largest absolute Gasteiger partial charge is 0.573 e. The number of rotatable bonds is 8. The zero-order valence-electron chi connectivity index (χ0n) is 20.9. The van der Waals surface area contributed by atoms with Gasteiger partial charge in [0, 0.05) is 12.6 Å². The first-order valence-corrected chi connectivity index (χ1v) is 13.2. The lowest BCUT2D eigenvalue weighted by atomic mass is 10.0. The minimum absolute atomic E-state index is 0.158. The summed E-state index contributed by atoms with van der Waals surface area (Å²) in [6, 6.07) is 13.8. The molecule has 0 saturated heterocycles. The van der Waals surface area contributed by atoms with Crippen LogP contribution in [0.4, 0.5) is 24.9 Å². The molecule has 1 aliphatic carbocycles. The summed E-state index contributed by atoms with van der Waals surface area (Å²) in [4.78, 5) is 14.3.